The zero-order valence-electron chi connectivity index (χ0n) is 66.3. The first kappa shape index (κ1) is 96.6. The lowest BCUT2D eigenvalue weighted by Crippen LogP contribution is -2.39. The van der Waals surface area contributed by atoms with E-state index < -0.39 is 77.0 Å². The SMILES string of the molecule is CN1Cc2c(Cl)cc(Cl)cc2C(c2ccc(S(=O)(=O)CCCOCCOCCN)cc2)C1.CN1Cc2c(Cl)cc(Cl)cc2C(c2ccc(S(=O)(=O)CCCOCCOCCNC(=O)C(=O)CCCOCCOCCNS(=O)(=O)c3ccc(C4CN(C)Cc5c(Cl)cc(Cl)cc54)cc3)cc2)C1.O=C(ON1C(=O)CCC1=O)C(=O)ON1C(=O)CCC1=O. The highest BCUT2D eigenvalue weighted by atomic mass is 35.5. The molecule has 2 saturated heterocycles. The van der Waals surface area contributed by atoms with Crippen molar-refractivity contribution in [1.82, 2.24) is 34.9 Å². The minimum absolute atomic E-state index is 0.00629. The fraction of sp³-hybridized carbons (Fsp3) is 0.457. The monoisotopic (exact) mass is 1840 g/mol. The van der Waals surface area contributed by atoms with E-state index in [1.807, 2.05) is 75.7 Å². The minimum atomic E-state index is -3.76. The number of ether oxygens (including phenoxy) is 6. The van der Waals surface area contributed by atoms with Gasteiger partial charge in [-0.2, -0.15) is 0 Å². The number of nitrogens with one attached hydrogen (secondary N) is 2. The van der Waals surface area contributed by atoms with Crippen molar-refractivity contribution in [2.45, 2.75) is 103 Å². The molecule has 5 amide bonds. The topological polar surface area (TPSA) is 379 Å². The van der Waals surface area contributed by atoms with Crippen LogP contribution in [-0.4, -0.2) is 249 Å². The molecular weight excluding hydrogens is 1750 g/mol. The lowest BCUT2D eigenvalue weighted by atomic mass is 9.85. The summed E-state index contributed by atoms with van der Waals surface area (Å²) in [6.45, 7) is 8.67. The molecule has 6 aromatic carbocycles. The average Bonchev–Trinajstić information content (AvgIpc) is 0.960. The van der Waals surface area contributed by atoms with Crippen LogP contribution in [-0.2, 0) is 126 Å². The molecule has 5 aliphatic heterocycles. The number of likely N-dealkylation sites (N-methyl/N-ethyl adjacent to an activating group) is 3. The van der Waals surface area contributed by atoms with Crippen molar-refractivity contribution in [3.05, 3.63) is 189 Å². The Bertz CT molecular complexity index is 4710. The third kappa shape index (κ3) is 28.2. The van der Waals surface area contributed by atoms with Crippen LogP contribution in [0.3, 0.4) is 0 Å². The Morgan fingerprint density at radius 1 is 0.417 bits per heavy atom. The van der Waals surface area contributed by atoms with Crippen LogP contribution in [0.25, 0.3) is 0 Å². The molecule has 0 spiro atoms. The molecule has 2 fully saturated rings. The van der Waals surface area contributed by atoms with Crippen LogP contribution in [0.2, 0.25) is 30.1 Å². The number of hydroxylamine groups is 4. The number of carbonyl (C=O) groups is 8. The second kappa shape index (κ2) is 46.5. The maximum absolute atomic E-state index is 13.0. The summed E-state index contributed by atoms with van der Waals surface area (Å²) in [5.74, 6) is -7.67. The molecule has 0 saturated carbocycles. The van der Waals surface area contributed by atoms with E-state index in [-0.39, 0.29) is 147 Å². The summed E-state index contributed by atoms with van der Waals surface area (Å²) in [7, 11) is -4.56. The molecular formula is C81H96Cl6N8O22S3. The Morgan fingerprint density at radius 3 is 1.08 bits per heavy atom. The lowest BCUT2D eigenvalue weighted by molar-refractivity contribution is -0.215. The molecule has 0 bridgehead atoms. The minimum Gasteiger partial charge on any atom is -0.379 e. The number of hydrogen-bond donors (Lipinski definition) is 3. The summed E-state index contributed by atoms with van der Waals surface area (Å²) in [5.41, 5.74) is 14.6. The van der Waals surface area contributed by atoms with Crippen LogP contribution in [0.1, 0.15) is 119 Å². The van der Waals surface area contributed by atoms with Crippen molar-refractivity contribution in [3.63, 3.8) is 0 Å². The first-order valence-corrected chi connectivity index (χ1v) is 45.7. The van der Waals surface area contributed by atoms with Gasteiger partial charge in [0, 0.05) is 159 Å². The number of nitrogens with two attached hydrogens (primary N) is 1. The molecule has 3 atom stereocenters. The van der Waals surface area contributed by atoms with Crippen LogP contribution < -0.4 is 15.8 Å². The Hall–Kier alpha value is -7.17. The molecule has 39 heteroatoms. The number of benzene rings is 6. The number of carbonyl (C=O) groups excluding carboxylic acids is 8. The van der Waals surface area contributed by atoms with E-state index in [0.717, 1.165) is 76.3 Å². The van der Waals surface area contributed by atoms with E-state index in [1.165, 1.54) is 0 Å². The summed E-state index contributed by atoms with van der Waals surface area (Å²) in [6, 6.07) is 32.0. The van der Waals surface area contributed by atoms with Crippen LogP contribution in [0.15, 0.2) is 124 Å². The number of sulfone groups is 2. The molecule has 0 radical (unpaired) electrons. The van der Waals surface area contributed by atoms with Gasteiger partial charge >= 0.3 is 11.9 Å². The molecule has 120 heavy (non-hydrogen) atoms. The Kier molecular flexibility index (Phi) is 37.5. The number of nitrogens with zero attached hydrogens (tertiary/aromatic N) is 5. The summed E-state index contributed by atoms with van der Waals surface area (Å²) in [6.07, 6.45) is 0.559. The first-order chi connectivity index (χ1) is 57.2. The molecule has 652 valence electrons. The van der Waals surface area contributed by atoms with Gasteiger partial charge in [-0.1, -0.05) is 106 Å². The van der Waals surface area contributed by atoms with Crippen molar-refractivity contribution >= 4 is 147 Å². The summed E-state index contributed by atoms with van der Waals surface area (Å²) in [5, 5.41) is 6.48. The van der Waals surface area contributed by atoms with Gasteiger partial charge in [-0.25, -0.2) is 39.6 Å². The number of fused-ring (bicyclic) bond motifs is 3. The lowest BCUT2D eigenvalue weighted by Gasteiger charge is -2.33. The molecule has 3 unspecified atom stereocenters. The number of hydrogen-bond acceptors (Lipinski definition) is 26. The zero-order valence-corrected chi connectivity index (χ0v) is 73.3. The number of sulfonamides is 1. The van der Waals surface area contributed by atoms with Crippen LogP contribution in [0, 0.1) is 0 Å². The summed E-state index contributed by atoms with van der Waals surface area (Å²) >= 11 is 38.3. The van der Waals surface area contributed by atoms with Crippen molar-refractivity contribution in [3.8, 4) is 0 Å². The highest BCUT2D eigenvalue weighted by Crippen LogP contribution is 2.42. The zero-order chi connectivity index (χ0) is 86.8. The molecule has 11 rings (SSSR count). The standard InChI is InChI=1S/C48H58Cl4N4O10S2.C23H30Cl2N2O4S.C10H8N2O8/c1-55-29-41(39-25-35(49)27-45(51)43(39)31-55)33-6-10-37(11-7-33)67(59,60)24-4-17-64-21-22-65-18-14-53-48(58)47(57)5-3-16-63-20-23-66-19-15-54-68(61,62)38-12-8-34(9-13-38)42-30-56(2)32-44-40(42)26-36(50)28-46(44)52;1-27-15-21(20-13-18(24)14-23(25)22(20)16-27)17-3-5-19(6-4-17)32(28,29)12-2-8-30-10-11-31-9-7-26;13-5-1-2-6(14)11(5)19-9(17)10(18)20-12-7(15)3-4-8(12)16/h6-13,25-28,41-42,54H,3-5,14-24,29-32H2,1-2H3,(H,53,58);3-6,13-14,21H,2,7-12,15-16,26H2,1H3;1-4H2. The van der Waals surface area contributed by atoms with Gasteiger partial charge in [0.1, 0.15) is 0 Å². The van der Waals surface area contributed by atoms with E-state index in [9.17, 15) is 63.6 Å². The number of imide groups is 2. The maximum Gasteiger partial charge on any atom is 0.444 e. The smallest absolute Gasteiger partial charge is 0.379 e. The largest absolute Gasteiger partial charge is 0.444 e. The quantitative estimate of drug-likeness (QED) is 0.0184. The third-order valence-electron chi connectivity index (χ3n) is 19.7. The fourth-order valence-electron chi connectivity index (χ4n) is 13.7. The molecule has 0 aromatic heterocycles. The normalized spacial score (nSPS) is 17.0. The van der Waals surface area contributed by atoms with Gasteiger partial charge in [0.05, 0.1) is 85.7 Å². The van der Waals surface area contributed by atoms with Gasteiger partial charge in [0.2, 0.25) is 15.8 Å². The molecule has 5 aliphatic rings. The van der Waals surface area contributed by atoms with Crippen molar-refractivity contribution in [1.29, 1.82) is 0 Å². The van der Waals surface area contributed by atoms with Gasteiger partial charge < -0.3 is 63.8 Å². The molecule has 0 aliphatic carbocycles. The van der Waals surface area contributed by atoms with Crippen molar-refractivity contribution in [2.24, 2.45) is 5.73 Å². The van der Waals surface area contributed by atoms with Gasteiger partial charge in [-0.05, 0) is 163 Å². The molecule has 5 heterocycles. The summed E-state index contributed by atoms with van der Waals surface area (Å²) in [4.78, 5) is 107. The average molecular weight is 1840 g/mol. The second-order valence-electron chi connectivity index (χ2n) is 28.7. The van der Waals surface area contributed by atoms with E-state index in [4.69, 9.17) is 104 Å². The predicted molar refractivity (Wildman–Crippen MR) is 447 cm³/mol. The van der Waals surface area contributed by atoms with E-state index in [2.05, 4.69) is 34.4 Å². The third-order valence-corrected chi connectivity index (χ3v) is 26.5. The Morgan fingerprint density at radius 2 is 0.733 bits per heavy atom. The number of rotatable bonds is 39. The molecule has 30 nitrogen and oxygen atoms in total. The number of ketones is 1. The van der Waals surface area contributed by atoms with Gasteiger partial charge in [-0.3, -0.25) is 28.8 Å². The first-order valence-electron chi connectivity index (χ1n) is 38.6. The highest BCUT2D eigenvalue weighted by molar-refractivity contribution is 7.91. The molecule has 4 N–H and O–H groups in total. The van der Waals surface area contributed by atoms with Gasteiger partial charge in [0.25, 0.3) is 29.5 Å². The second-order valence-corrected chi connectivity index (χ2v) is 37.2. The number of amides is 5. The number of halogens is 6. The Labute approximate surface area is 727 Å². The van der Waals surface area contributed by atoms with Gasteiger partial charge in [-0.15, -0.1) is 10.1 Å². The van der Waals surface area contributed by atoms with Crippen molar-refractivity contribution in [2.75, 3.05) is 151 Å². The fourth-order valence-corrected chi connectivity index (χ4v) is 19.0. The van der Waals surface area contributed by atoms with Crippen molar-refractivity contribution < 1.29 is 102 Å². The van der Waals surface area contributed by atoms with E-state index >= 15 is 0 Å². The summed E-state index contributed by atoms with van der Waals surface area (Å²) < 4.78 is 112. The maximum atomic E-state index is 13.0. The van der Waals surface area contributed by atoms with Crippen LogP contribution >= 0.6 is 69.6 Å². The predicted octanol–water partition coefficient (Wildman–Crippen LogP) is 9.06. The number of Topliss-reactive ketones (excluding diaryl/α,β-unsaturated/α-hetero) is 1. The van der Waals surface area contributed by atoms with E-state index in [1.54, 1.807) is 54.6 Å². The van der Waals surface area contributed by atoms with Crippen LogP contribution in [0.5, 0.6) is 0 Å². The van der Waals surface area contributed by atoms with Gasteiger partial charge in [0.15, 0.2) is 19.7 Å². The molecule has 6 aromatic rings. The van der Waals surface area contributed by atoms with Crippen LogP contribution in [0.4, 0.5) is 0 Å². The highest BCUT2D eigenvalue weighted by Gasteiger charge is 2.40. The Balaban J connectivity index is 0.000000256. The van der Waals surface area contributed by atoms with E-state index in [0.29, 0.717) is 100 Å².